The molecule has 1 atom stereocenters. The molecule has 1 fully saturated rings. The van der Waals surface area contributed by atoms with Crippen LogP contribution in [0.1, 0.15) is 12.8 Å². The van der Waals surface area contributed by atoms with Crippen LogP contribution in [-0.4, -0.2) is 46.2 Å². The van der Waals surface area contributed by atoms with Crippen LogP contribution in [0.3, 0.4) is 0 Å². The SMILES string of the molecule is CN1CCN2C1=C([N+](=O)[O-])CCC2O. The van der Waals surface area contributed by atoms with Gasteiger partial charge < -0.3 is 14.9 Å². The fraction of sp³-hybridized carbons (Fsp3) is 0.750. The van der Waals surface area contributed by atoms with E-state index in [-0.39, 0.29) is 10.6 Å². The lowest BCUT2D eigenvalue weighted by Gasteiger charge is -2.30. The average Bonchev–Trinajstić information content (AvgIpc) is 2.50. The zero-order chi connectivity index (χ0) is 10.3. The van der Waals surface area contributed by atoms with Crippen molar-refractivity contribution >= 4 is 0 Å². The minimum Gasteiger partial charge on any atom is -0.374 e. The minimum absolute atomic E-state index is 0.232. The highest BCUT2D eigenvalue weighted by molar-refractivity contribution is 5.13. The first-order valence-electron chi connectivity index (χ1n) is 4.64. The lowest BCUT2D eigenvalue weighted by molar-refractivity contribution is -0.433. The molecule has 0 aromatic rings. The molecule has 2 aliphatic heterocycles. The number of hydrogen-bond acceptors (Lipinski definition) is 5. The molecule has 6 heteroatoms. The van der Waals surface area contributed by atoms with Crippen molar-refractivity contribution in [2.45, 2.75) is 19.1 Å². The molecule has 2 aliphatic rings. The Bertz CT molecular complexity index is 302. The van der Waals surface area contributed by atoms with Crippen LogP contribution in [0.15, 0.2) is 11.5 Å². The van der Waals surface area contributed by atoms with E-state index in [1.807, 2.05) is 11.9 Å². The van der Waals surface area contributed by atoms with Gasteiger partial charge in [-0.25, -0.2) is 0 Å². The van der Waals surface area contributed by atoms with Gasteiger partial charge >= 0.3 is 0 Å². The Morgan fingerprint density at radius 1 is 1.57 bits per heavy atom. The summed E-state index contributed by atoms with van der Waals surface area (Å²) in [5, 5.41) is 20.4. The normalized spacial score (nSPS) is 26.9. The molecule has 0 amide bonds. The molecule has 0 aromatic carbocycles. The van der Waals surface area contributed by atoms with E-state index in [0.717, 1.165) is 6.54 Å². The summed E-state index contributed by atoms with van der Waals surface area (Å²) < 4.78 is 0. The van der Waals surface area contributed by atoms with Crippen molar-refractivity contribution in [1.29, 1.82) is 0 Å². The number of nitro groups is 1. The van der Waals surface area contributed by atoms with E-state index in [9.17, 15) is 15.2 Å². The molecule has 1 saturated heterocycles. The van der Waals surface area contributed by atoms with E-state index in [2.05, 4.69) is 0 Å². The standard InChI is InChI=1S/C8H13N3O3/c1-9-4-5-10-7(12)3-2-6(8(9)10)11(13)14/h7,12H,2-5H2,1H3. The second kappa shape index (κ2) is 3.13. The molecular weight excluding hydrogens is 186 g/mol. The summed E-state index contributed by atoms with van der Waals surface area (Å²) in [6.45, 7) is 1.41. The van der Waals surface area contributed by atoms with Gasteiger partial charge in [0.15, 0.2) is 5.82 Å². The van der Waals surface area contributed by atoms with E-state index in [1.165, 1.54) is 0 Å². The third-order valence-corrected chi connectivity index (χ3v) is 2.79. The van der Waals surface area contributed by atoms with Gasteiger partial charge in [-0.15, -0.1) is 0 Å². The Morgan fingerprint density at radius 3 is 2.93 bits per heavy atom. The first kappa shape index (κ1) is 9.26. The molecule has 1 unspecified atom stereocenters. The van der Waals surface area contributed by atoms with Crippen LogP contribution in [0, 0.1) is 10.1 Å². The van der Waals surface area contributed by atoms with E-state index >= 15 is 0 Å². The molecule has 1 N–H and O–H groups in total. The minimum atomic E-state index is -0.557. The van der Waals surface area contributed by atoms with E-state index in [0.29, 0.717) is 25.2 Å². The van der Waals surface area contributed by atoms with Crippen LogP contribution in [0.25, 0.3) is 0 Å². The van der Waals surface area contributed by atoms with Crippen molar-refractivity contribution in [2.24, 2.45) is 0 Å². The molecule has 2 heterocycles. The maximum atomic E-state index is 10.8. The third kappa shape index (κ3) is 1.22. The molecule has 0 spiro atoms. The number of rotatable bonds is 1. The molecule has 78 valence electrons. The van der Waals surface area contributed by atoms with Crippen molar-refractivity contribution in [3.63, 3.8) is 0 Å². The highest BCUT2D eigenvalue weighted by atomic mass is 16.6. The second-order valence-corrected chi connectivity index (χ2v) is 3.66. The van der Waals surface area contributed by atoms with Crippen LogP contribution in [0.4, 0.5) is 0 Å². The fourth-order valence-corrected chi connectivity index (χ4v) is 2.07. The molecule has 14 heavy (non-hydrogen) atoms. The number of nitrogens with zero attached hydrogens (tertiary/aromatic N) is 3. The van der Waals surface area contributed by atoms with Crippen LogP contribution in [0.2, 0.25) is 0 Å². The highest BCUT2D eigenvalue weighted by Crippen LogP contribution is 2.31. The Kier molecular flexibility index (Phi) is 2.07. The molecule has 6 nitrogen and oxygen atoms in total. The first-order valence-corrected chi connectivity index (χ1v) is 4.64. The van der Waals surface area contributed by atoms with Crippen molar-refractivity contribution in [3.8, 4) is 0 Å². The second-order valence-electron chi connectivity index (χ2n) is 3.66. The summed E-state index contributed by atoms with van der Waals surface area (Å²) in [6, 6.07) is 0. The number of fused-ring (bicyclic) bond motifs is 1. The highest BCUT2D eigenvalue weighted by Gasteiger charge is 2.38. The largest absolute Gasteiger partial charge is 0.374 e. The number of aliphatic hydroxyl groups excluding tert-OH is 1. The summed E-state index contributed by atoms with van der Waals surface area (Å²) in [5.74, 6) is 0.591. The van der Waals surface area contributed by atoms with E-state index < -0.39 is 6.23 Å². The number of likely N-dealkylation sites (N-methyl/N-ethyl adjacent to an activating group) is 1. The number of hydrogen-bond donors (Lipinski definition) is 1. The zero-order valence-corrected chi connectivity index (χ0v) is 8.01. The Labute approximate surface area is 81.6 Å². The molecule has 0 aliphatic carbocycles. The maximum absolute atomic E-state index is 10.8. The molecule has 0 radical (unpaired) electrons. The van der Waals surface area contributed by atoms with Crippen LogP contribution in [0.5, 0.6) is 0 Å². The molecule has 0 bridgehead atoms. The van der Waals surface area contributed by atoms with E-state index in [4.69, 9.17) is 0 Å². The van der Waals surface area contributed by atoms with Gasteiger partial charge in [-0.2, -0.15) is 0 Å². The van der Waals surface area contributed by atoms with Gasteiger partial charge in [0.25, 0.3) is 5.70 Å². The number of allylic oxidation sites excluding steroid dienone is 1. The van der Waals surface area contributed by atoms with Crippen LogP contribution in [-0.2, 0) is 0 Å². The van der Waals surface area contributed by atoms with Crippen molar-refractivity contribution in [3.05, 3.63) is 21.6 Å². The molecule has 0 saturated carbocycles. The summed E-state index contributed by atoms with van der Waals surface area (Å²) in [7, 11) is 1.82. The summed E-state index contributed by atoms with van der Waals surface area (Å²) in [5.41, 5.74) is 0.232. The smallest absolute Gasteiger partial charge is 0.286 e. The maximum Gasteiger partial charge on any atom is 0.286 e. The lowest BCUT2D eigenvalue weighted by atomic mass is 10.1. The summed E-state index contributed by atoms with van der Waals surface area (Å²) in [4.78, 5) is 14.0. The Morgan fingerprint density at radius 2 is 2.29 bits per heavy atom. The lowest BCUT2D eigenvalue weighted by Crippen LogP contribution is -2.38. The van der Waals surface area contributed by atoms with Crippen LogP contribution < -0.4 is 0 Å². The van der Waals surface area contributed by atoms with Gasteiger partial charge in [0, 0.05) is 33.0 Å². The van der Waals surface area contributed by atoms with Gasteiger partial charge in [0.2, 0.25) is 0 Å². The average molecular weight is 199 g/mol. The molecule has 0 aromatic heterocycles. The van der Waals surface area contributed by atoms with Crippen LogP contribution >= 0.6 is 0 Å². The zero-order valence-electron chi connectivity index (χ0n) is 8.01. The van der Waals surface area contributed by atoms with Crippen molar-refractivity contribution < 1.29 is 10.0 Å². The Hall–Kier alpha value is -1.30. The van der Waals surface area contributed by atoms with Crippen molar-refractivity contribution in [1.82, 2.24) is 9.80 Å². The third-order valence-electron chi connectivity index (χ3n) is 2.79. The van der Waals surface area contributed by atoms with E-state index in [1.54, 1.807) is 4.90 Å². The molecular formula is C8H13N3O3. The van der Waals surface area contributed by atoms with Gasteiger partial charge in [-0.1, -0.05) is 0 Å². The van der Waals surface area contributed by atoms with Crippen molar-refractivity contribution in [2.75, 3.05) is 20.1 Å². The predicted octanol–water partition coefficient (Wildman–Crippen LogP) is -0.208. The quantitative estimate of drug-likeness (QED) is 0.467. The summed E-state index contributed by atoms with van der Waals surface area (Å²) >= 11 is 0. The van der Waals surface area contributed by atoms with Gasteiger partial charge in [0.05, 0.1) is 4.92 Å². The topological polar surface area (TPSA) is 69.9 Å². The van der Waals surface area contributed by atoms with Gasteiger partial charge in [-0.05, 0) is 0 Å². The monoisotopic (exact) mass is 199 g/mol. The van der Waals surface area contributed by atoms with Gasteiger partial charge in [0.1, 0.15) is 6.23 Å². The fourth-order valence-electron chi connectivity index (χ4n) is 2.07. The predicted molar refractivity (Wildman–Crippen MR) is 48.6 cm³/mol. The summed E-state index contributed by atoms with van der Waals surface area (Å²) in [6.07, 6.45) is 0.247. The Balaban J connectivity index is 2.40. The number of aliphatic hydroxyl groups is 1. The first-order chi connectivity index (χ1) is 6.61. The van der Waals surface area contributed by atoms with Gasteiger partial charge in [-0.3, -0.25) is 10.1 Å². The molecule has 2 rings (SSSR count).